The van der Waals surface area contributed by atoms with Crippen LogP contribution < -0.4 is 11.3 Å². The fourth-order valence-corrected chi connectivity index (χ4v) is 1.35. The van der Waals surface area contributed by atoms with Crippen LogP contribution in [0.4, 0.5) is 11.6 Å². The molecular weight excluding hydrogens is 224 g/mol. The lowest BCUT2D eigenvalue weighted by molar-refractivity contribution is -0.389. The van der Waals surface area contributed by atoms with Gasteiger partial charge >= 0.3 is 5.82 Å². The van der Waals surface area contributed by atoms with E-state index in [9.17, 15) is 10.1 Å². The Labute approximate surface area is 96.2 Å². The molecule has 3 N–H and O–H groups in total. The Kier molecular flexibility index (Phi) is 2.97. The molecule has 2 aromatic heterocycles. The number of nitro groups is 1. The van der Waals surface area contributed by atoms with Crippen LogP contribution in [0.25, 0.3) is 0 Å². The van der Waals surface area contributed by atoms with Gasteiger partial charge in [0.1, 0.15) is 12.4 Å². The van der Waals surface area contributed by atoms with Crippen molar-refractivity contribution >= 4 is 11.6 Å². The van der Waals surface area contributed by atoms with E-state index >= 15 is 0 Å². The zero-order chi connectivity index (χ0) is 12.3. The van der Waals surface area contributed by atoms with Crippen LogP contribution in [-0.4, -0.2) is 19.7 Å². The standard InChI is InChI=1S/C9H10N6O2/c10-12-8-3-1-2-7(11-8)6-14-5-4-9(13-14)15(16)17/h1-5H,6,10H2,(H,11,12). The molecule has 0 radical (unpaired) electrons. The maximum atomic E-state index is 10.5. The third kappa shape index (κ3) is 2.55. The van der Waals surface area contributed by atoms with E-state index in [0.29, 0.717) is 18.1 Å². The van der Waals surface area contributed by atoms with E-state index in [0.717, 1.165) is 0 Å². The van der Waals surface area contributed by atoms with E-state index in [2.05, 4.69) is 15.5 Å². The van der Waals surface area contributed by atoms with E-state index in [-0.39, 0.29) is 5.82 Å². The predicted molar refractivity (Wildman–Crippen MR) is 60.0 cm³/mol. The number of hydrogen-bond acceptors (Lipinski definition) is 6. The Balaban J connectivity index is 2.16. The highest BCUT2D eigenvalue weighted by atomic mass is 16.6. The van der Waals surface area contributed by atoms with Crippen molar-refractivity contribution in [3.05, 3.63) is 46.3 Å². The van der Waals surface area contributed by atoms with Gasteiger partial charge in [-0.15, -0.1) is 0 Å². The number of hydrogen-bond donors (Lipinski definition) is 2. The molecule has 0 unspecified atom stereocenters. The van der Waals surface area contributed by atoms with E-state index in [1.807, 2.05) is 0 Å². The zero-order valence-electron chi connectivity index (χ0n) is 8.78. The summed E-state index contributed by atoms with van der Waals surface area (Å²) in [6.07, 6.45) is 1.53. The summed E-state index contributed by atoms with van der Waals surface area (Å²) in [6.45, 7) is 0.351. The van der Waals surface area contributed by atoms with Gasteiger partial charge in [0, 0.05) is 0 Å². The molecule has 0 amide bonds. The molecule has 2 heterocycles. The second kappa shape index (κ2) is 4.58. The van der Waals surface area contributed by atoms with E-state index in [1.54, 1.807) is 18.2 Å². The molecule has 8 nitrogen and oxygen atoms in total. The number of nitrogens with one attached hydrogen (secondary N) is 1. The van der Waals surface area contributed by atoms with Crippen LogP contribution in [-0.2, 0) is 6.54 Å². The van der Waals surface area contributed by atoms with Crippen LogP contribution in [0.2, 0.25) is 0 Å². The van der Waals surface area contributed by atoms with Gasteiger partial charge in [-0.1, -0.05) is 6.07 Å². The first-order valence-corrected chi connectivity index (χ1v) is 4.79. The highest BCUT2D eigenvalue weighted by molar-refractivity contribution is 5.33. The van der Waals surface area contributed by atoms with Crippen molar-refractivity contribution in [3.8, 4) is 0 Å². The molecular formula is C9H10N6O2. The van der Waals surface area contributed by atoms with Crippen LogP contribution >= 0.6 is 0 Å². The molecule has 0 bridgehead atoms. The number of pyridine rings is 1. The molecule has 0 aliphatic heterocycles. The summed E-state index contributed by atoms with van der Waals surface area (Å²) in [4.78, 5) is 14.1. The highest BCUT2D eigenvalue weighted by Gasteiger charge is 2.11. The number of nitrogen functional groups attached to an aromatic ring is 1. The van der Waals surface area contributed by atoms with Gasteiger partial charge in [0.05, 0.1) is 23.1 Å². The first kappa shape index (κ1) is 11.0. The first-order chi connectivity index (χ1) is 8.19. The number of nitrogens with zero attached hydrogens (tertiary/aromatic N) is 4. The van der Waals surface area contributed by atoms with Crippen LogP contribution in [0, 0.1) is 10.1 Å². The number of anilines is 1. The monoisotopic (exact) mass is 234 g/mol. The Bertz CT molecular complexity index is 538. The van der Waals surface area contributed by atoms with E-state index in [4.69, 9.17) is 5.84 Å². The largest absolute Gasteiger partial charge is 0.389 e. The second-order valence-corrected chi connectivity index (χ2v) is 3.29. The molecule has 0 fully saturated rings. The summed E-state index contributed by atoms with van der Waals surface area (Å²) in [6, 6.07) is 6.63. The third-order valence-electron chi connectivity index (χ3n) is 2.09. The zero-order valence-corrected chi connectivity index (χ0v) is 8.78. The quantitative estimate of drug-likeness (QED) is 0.453. The van der Waals surface area contributed by atoms with E-state index in [1.165, 1.54) is 16.9 Å². The van der Waals surface area contributed by atoms with Crippen molar-refractivity contribution < 1.29 is 4.92 Å². The highest BCUT2D eigenvalue weighted by Crippen LogP contribution is 2.08. The predicted octanol–water partition coefficient (Wildman–Crippen LogP) is 0.520. The molecule has 0 aliphatic carbocycles. The molecule has 0 aromatic carbocycles. The molecule has 0 aliphatic rings. The van der Waals surface area contributed by atoms with Crippen molar-refractivity contribution in [1.29, 1.82) is 0 Å². The number of hydrazine groups is 1. The summed E-state index contributed by atoms with van der Waals surface area (Å²) in [7, 11) is 0. The maximum absolute atomic E-state index is 10.5. The average Bonchev–Trinajstić information content (AvgIpc) is 2.78. The van der Waals surface area contributed by atoms with Crippen molar-refractivity contribution in [2.45, 2.75) is 6.54 Å². The summed E-state index contributed by atoms with van der Waals surface area (Å²) >= 11 is 0. The minimum Gasteiger partial charge on any atom is -0.358 e. The number of aromatic nitrogens is 3. The van der Waals surface area contributed by atoms with E-state index < -0.39 is 4.92 Å². The maximum Gasteiger partial charge on any atom is 0.389 e. The van der Waals surface area contributed by atoms with Crippen LogP contribution in [0.3, 0.4) is 0 Å². The topological polar surface area (TPSA) is 112 Å². The van der Waals surface area contributed by atoms with Crippen LogP contribution in [0.5, 0.6) is 0 Å². The SMILES string of the molecule is NNc1cccc(Cn2ccc([N+](=O)[O-])n2)n1. The lowest BCUT2D eigenvalue weighted by Crippen LogP contribution is -2.10. The van der Waals surface area contributed by atoms with Crippen LogP contribution in [0.1, 0.15) is 5.69 Å². The summed E-state index contributed by atoms with van der Waals surface area (Å²) in [5.74, 6) is 5.58. The average molecular weight is 234 g/mol. The van der Waals surface area contributed by atoms with Crippen molar-refractivity contribution in [2.24, 2.45) is 5.84 Å². The lowest BCUT2D eigenvalue weighted by atomic mass is 10.3. The van der Waals surface area contributed by atoms with Gasteiger partial charge < -0.3 is 15.5 Å². The molecule has 0 atom stereocenters. The van der Waals surface area contributed by atoms with Crippen molar-refractivity contribution in [1.82, 2.24) is 14.8 Å². The Morgan fingerprint density at radius 3 is 2.94 bits per heavy atom. The molecule has 88 valence electrons. The summed E-state index contributed by atoms with van der Waals surface area (Å²) in [5.41, 5.74) is 3.13. The van der Waals surface area contributed by atoms with Gasteiger partial charge in [-0.3, -0.25) is 0 Å². The first-order valence-electron chi connectivity index (χ1n) is 4.79. The van der Waals surface area contributed by atoms with Crippen LogP contribution in [0.15, 0.2) is 30.5 Å². The Morgan fingerprint density at radius 1 is 1.47 bits per heavy atom. The minimum absolute atomic E-state index is 0.182. The molecule has 0 saturated carbocycles. The van der Waals surface area contributed by atoms with Crippen molar-refractivity contribution in [3.63, 3.8) is 0 Å². The smallest absolute Gasteiger partial charge is 0.358 e. The molecule has 0 spiro atoms. The fraction of sp³-hybridized carbons (Fsp3) is 0.111. The van der Waals surface area contributed by atoms with Gasteiger partial charge in [-0.25, -0.2) is 10.8 Å². The molecule has 2 aromatic rings. The normalized spacial score (nSPS) is 10.2. The molecule has 2 rings (SSSR count). The number of nitrogens with two attached hydrogens (primary N) is 1. The molecule has 0 saturated heterocycles. The minimum atomic E-state index is -0.540. The third-order valence-corrected chi connectivity index (χ3v) is 2.09. The Hall–Kier alpha value is -2.48. The summed E-state index contributed by atoms with van der Waals surface area (Å²) < 4.78 is 1.45. The van der Waals surface area contributed by atoms with Gasteiger partial charge in [-0.05, 0) is 17.1 Å². The van der Waals surface area contributed by atoms with Gasteiger partial charge in [-0.2, -0.15) is 4.68 Å². The van der Waals surface area contributed by atoms with Gasteiger partial charge in [0.15, 0.2) is 0 Å². The second-order valence-electron chi connectivity index (χ2n) is 3.29. The fourth-order valence-electron chi connectivity index (χ4n) is 1.35. The number of rotatable bonds is 4. The molecule has 17 heavy (non-hydrogen) atoms. The lowest BCUT2D eigenvalue weighted by Gasteiger charge is -2.01. The Morgan fingerprint density at radius 2 is 2.29 bits per heavy atom. The van der Waals surface area contributed by atoms with Gasteiger partial charge in [0.2, 0.25) is 0 Å². The van der Waals surface area contributed by atoms with Crippen molar-refractivity contribution in [2.75, 3.05) is 5.43 Å². The summed E-state index contributed by atoms with van der Waals surface area (Å²) in [5, 5.41) is 14.2. The molecule has 8 heteroatoms. The van der Waals surface area contributed by atoms with Gasteiger partial charge in [0.25, 0.3) is 0 Å².